The minimum atomic E-state index is -0.338. The Morgan fingerprint density at radius 1 is 1.00 bits per heavy atom. The summed E-state index contributed by atoms with van der Waals surface area (Å²) >= 11 is 0. The predicted molar refractivity (Wildman–Crippen MR) is 125 cm³/mol. The lowest BCUT2D eigenvalue weighted by Gasteiger charge is -2.38. The first kappa shape index (κ1) is 20.4. The van der Waals surface area contributed by atoms with E-state index in [1.807, 2.05) is 30.3 Å². The van der Waals surface area contributed by atoms with Crippen LogP contribution < -0.4 is 14.2 Å². The van der Waals surface area contributed by atoms with Gasteiger partial charge in [-0.1, -0.05) is 55.8 Å². The van der Waals surface area contributed by atoms with Gasteiger partial charge in [0.1, 0.15) is 5.75 Å². The number of benzene rings is 3. The van der Waals surface area contributed by atoms with Crippen LogP contribution in [0.5, 0.6) is 17.2 Å². The zero-order valence-electron chi connectivity index (χ0n) is 18.5. The largest absolute Gasteiger partial charge is 0.494 e. The Hall–Kier alpha value is -3.47. The highest BCUT2D eigenvalue weighted by Crippen LogP contribution is 2.50. The lowest BCUT2D eigenvalue weighted by molar-refractivity contribution is -0.0209. The molecule has 0 saturated heterocycles. The number of nitrogens with zero attached hydrogens (tertiary/aromatic N) is 2. The van der Waals surface area contributed by atoms with E-state index >= 15 is 0 Å². The Morgan fingerprint density at radius 2 is 1.81 bits per heavy atom. The molecule has 5 rings (SSSR count). The number of hydrogen-bond acceptors (Lipinski definition) is 5. The number of rotatable bonds is 7. The van der Waals surface area contributed by atoms with Crippen molar-refractivity contribution in [1.29, 1.82) is 0 Å². The van der Waals surface area contributed by atoms with Gasteiger partial charge in [0.05, 0.1) is 25.5 Å². The number of ether oxygens (including phenoxy) is 3. The quantitative estimate of drug-likeness (QED) is 0.426. The molecule has 0 saturated carbocycles. The standard InChI is InChI=1S/C27H28N2O3/c1-3-4-17-31-21-15-13-20(14-16-21)27-29-24(18-23(28-29)19-9-6-5-7-10-19)22-11-8-12-25(30-2)26(22)32-27/h5-16,24,27H,3-4,17-18H2,1-2H3. The van der Waals surface area contributed by atoms with Crippen molar-refractivity contribution >= 4 is 5.71 Å². The fourth-order valence-corrected chi connectivity index (χ4v) is 4.33. The number of para-hydroxylation sites is 1. The highest BCUT2D eigenvalue weighted by Gasteiger charge is 2.42. The van der Waals surface area contributed by atoms with Crippen molar-refractivity contribution in [2.24, 2.45) is 5.10 Å². The molecular weight excluding hydrogens is 400 g/mol. The minimum Gasteiger partial charge on any atom is -0.494 e. The summed E-state index contributed by atoms with van der Waals surface area (Å²) in [5.41, 5.74) is 4.35. The van der Waals surface area contributed by atoms with Crippen LogP contribution in [0.25, 0.3) is 0 Å². The van der Waals surface area contributed by atoms with E-state index in [9.17, 15) is 0 Å². The minimum absolute atomic E-state index is 0.0922. The lowest BCUT2D eigenvalue weighted by atomic mass is 9.95. The summed E-state index contributed by atoms with van der Waals surface area (Å²) in [6.45, 7) is 2.90. The summed E-state index contributed by atoms with van der Waals surface area (Å²) < 4.78 is 18.0. The van der Waals surface area contributed by atoms with Crippen LogP contribution in [0.2, 0.25) is 0 Å². The van der Waals surface area contributed by atoms with Gasteiger partial charge >= 0.3 is 0 Å². The van der Waals surface area contributed by atoms with Crippen LogP contribution in [0.3, 0.4) is 0 Å². The van der Waals surface area contributed by atoms with Crippen LogP contribution in [-0.2, 0) is 0 Å². The van der Waals surface area contributed by atoms with Gasteiger partial charge in [0.2, 0.25) is 6.23 Å². The Bertz CT molecular complexity index is 1100. The molecule has 0 spiro atoms. The van der Waals surface area contributed by atoms with E-state index in [0.29, 0.717) is 0 Å². The molecule has 2 atom stereocenters. The second-order valence-corrected chi connectivity index (χ2v) is 8.13. The fraction of sp³-hybridized carbons (Fsp3) is 0.296. The molecule has 0 amide bonds. The average molecular weight is 429 g/mol. The number of unbranched alkanes of at least 4 members (excludes halogenated alkanes) is 1. The number of hydrogen-bond donors (Lipinski definition) is 0. The molecule has 0 radical (unpaired) electrons. The first-order chi connectivity index (χ1) is 15.8. The van der Waals surface area contributed by atoms with Gasteiger partial charge in [-0.15, -0.1) is 0 Å². The molecule has 2 aliphatic rings. The van der Waals surface area contributed by atoms with Crippen molar-refractivity contribution in [2.45, 2.75) is 38.5 Å². The van der Waals surface area contributed by atoms with E-state index < -0.39 is 0 Å². The zero-order valence-corrected chi connectivity index (χ0v) is 18.5. The third-order valence-electron chi connectivity index (χ3n) is 6.04. The molecule has 0 aliphatic carbocycles. The van der Waals surface area contributed by atoms with Crippen LogP contribution in [0.1, 0.15) is 55.1 Å². The predicted octanol–water partition coefficient (Wildman–Crippen LogP) is 6.12. The molecule has 164 valence electrons. The maximum Gasteiger partial charge on any atom is 0.214 e. The van der Waals surface area contributed by atoms with Gasteiger partial charge in [0.25, 0.3) is 0 Å². The highest BCUT2D eigenvalue weighted by molar-refractivity contribution is 6.01. The monoisotopic (exact) mass is 428 g/mol. The first-order valence-electron chi connectivity index (χ1n) is 11.3. The van der Waals surface area contributed by atoms with E-state index in [0.717, 1.165) is 65.5 Å². The van der Waals surface area contributed by atoms with Gasteiger partial charge < -0.3 is 14.2 Å². The summed E-state index contributed by atoms with van der Waals surface area (Å²) in [5.74, 6) is 2.43. The SMILES string of the molecule is CCCCOc1ccc(C2Oc3c(OC)cccc3C3CC(c4ccccc4)=NN32)cc1. The van der Waals surface area contributed by atoms with E-state index in [4.69, 9.17) is 19.3 Å². The molecule has 3 aromatic carbocycles. The summed E-state index contributed by atoms with van der Waals surface area (Å²) in [5, 5.41) is 7.12. The molecule has 5 heteroatoms. The van der Waals surface area contributed by atoms with Gasteiger partial charge in [-0.2, -0.15) is 5.10 Å². The molecule has 0 bridgehead atoms. The van der Waals surface area contributed by atoms with E-state index in [2.05, 4.69) is 54.4 Å². The summed E-state index contributed by atoms with van der Waals surface area (Å²) in [6.07, 6.45) is 2.65. The van der Waals surface area contributed by atoms with Crippen LogP contribution >= 0.6 is 0 Å². The Kier molecular flexibility index (Phi) is 5.71. The maximum absolute atomic E-state index is 6.53. The van der Waals surface area contributed by atoms with Crippen LogP contribution in [0.15, 0.2) is 77.9 Å². The average Bonchev–Trinajstić information content (AvgIpc) is 3.30. The molecule has 2 unspecified atom stereocenters. The third kappa shape index (κ3) is 3.79. The molecule has 0 N–H and O–H groups in total. The summed E-state index contributed by atoms with van der Waals surface area (Å²) in [6, 6.07) is 24.7. The normalized spacial score (nSPS) is 18.9. The maximum atomic E-state index is 6.53. The second-order valence-electron chi connectivity index (χ2n) is 8.13. The topological polar surface area (TPSA) is 43.3 Å². The Morgan fingerprint density at radius 3 is 2.56 bits per heavy atom. The smallest absolute Gasteiger partial charge is 0.214 e. The van der Waals surface area contributed by atoms with Crippen molar-refractivity contribution in [3.05, 3.63) is 89.5 Å². The van der Waals surface area contributed by atoms with Crippen molar-refractivity contribution in [3.63, 3.8) is 0 Å². The van der Waals surface area contributed by atoms with Crippen molar-refractivity contribution in [2.75, 3.05) is 13.7 Å². The Balaban J connectivity index is 1.50. The van der Waals surface area contributed by atoms with Crippen LogP contribution in [0, 0.1) is 0 Å². The van der Waals surface area contributed by atoms with Gasteiger partial charge in [-0.05, 0) is 42.3 Å². The van der Waals surface area contributed by atoms with E-state index in [1.54, 1.807) is 7.11 Å². The van der Waals surface area contributed by atoms with Crippen LogP contribution in [-0.4, -0.2) is 24.4 Å². The Labute approximate surface area is 189 Å². The fourth-order valence-electron chi connectivity index (χ4n) is 4.33. The van der Waals surface area contributed by atoms with Crippen LogP contribution in [0.4, 0.5) is 0 Å². The highest BCUT2D eigenvalue weighted by atomic mass is 16.5. The molecular formula is C27H28N2O3. The zero-order chi connectivity index (χ0) is 21.9. The third-order valence-corrected chi connectivity index (χ3v) is 6.04. The van der Waals surface area contributed by atoms with E-state index in [-0.39, 0.29) is 12.3 Å². The number of fused-ring (bicyclic) bond motifs is 3. The first-order valence-corrected chi connectivity index (χ1v) is 11.3. The van der Waals surface area contributed by atoms with Gasteiger partial charge in [0, 0.05) is 17.5 Å². The lowest BCUT2D eigenvalue weighted by Crippen LogP contribution is -2.33. The number of hydrazone groups is 1. The molecule has 32 heavy (non-hydrogen) atoms. The summed E-state index contributed by atoms with van der Waals surface area (Å²) in [7, 11) is 1.68. The molecule has 0 aromatic heterocycles. The van der Waals surface area contributed by atoms with Crippen molar-refractivity contribution in [1.82, 2.24) is 5.01 Å². The second kappa shape index (κ2) is 8.95. The van der Waals surface area contributed by atoms with Gasteiger partial charge in [-0.25, -0.2) is 5.01 Å². The van der Waals surface area contributed by atoms with Crippen molar-refractivity contribution < 1.29 is 14.2 Å². The van der Waals surface area contributed by atoms with Gasteiger partial charge in [0.15, 0.2) is 11.5 Å². The molecule has 2 heterocycles. The summed E-state index contributed by atoms with van der Waals surface area (Å²) in [4.78, 5) is 0. The number of methoxy groups -OCH3 is 1. The molecule has 0 fully saturated rings. The van der Waals surface area contributed by atoms with E-state index in [1.165, 1.54) is 0 Å². The molecule has 5 nitrogen and oxygen atoms in total. The molecule has 2 aliphatic heterocycles. The van der Waals surface area contributed by atoms with Crippen molar-refractivity contribution in [3.8, 4) is 17.2 Å². The van der Waals surface area contributed by atoms with Gasteiger partial charge in [-0.3, -0.25) is 0 Å². The molecule has 3 aromatic rings.